The standard InChI is InChI=1S/C14H18N2O4/c1-14(2,3)20-13(17)15-10-5-6-11-9(7-10)8-19-12(11)16-18-4/h5-7H,8H2,1-4H3,(H,15,17)/b16-12-. The molecule has 0 saturated heterocycles. The molecule has 0 spiro atoms. The Morgan fingerprint density at radius 3 is 2.80 bits per heavy atom. The number of benzene rings is 1. The predicted molar refractivity (Wildman–Crippen MR) is 74.6 cm³/mol. The largest absolute Gasteiger partial charge is 0.470 e. The number of nitrogens with zero attached hydrogens (tertiary/aromatic N) is 1. The number of hydrogen-bond donors (Lipinski definition) is 1. The Bertz CT molecular complexity index is 547. The van der Waals surface area contributed by atoms with Gasteiger partial charge in [0.15, 0.2) is 0 Å². The Morgan fingerprint density at radius 2 is 2.15 bits per heavy atom. The molecule has 2 rings (SSSR count). The van der Waals surface area contributed by atoms with Crippen LogP contribution < -0.4 is 5.32 Å². The van der Waals surface area contributed by atoms with Crippen LogP contribution in [0, 0.1) is 0 Å². The zero-order chi connectivity index (χ0) is 14.8. The Morgan fingerprint density at radius 1 is 1.40 bits per heavy atom. The summed E-state index contributed by atoms with van der Waals surface area (Å²) in [4.78, 5) is 16.4. The number of hydrogen-bond acceptors (Lipinski definition) is 5. The second kappa shape index (κ2) is 5.40. The van der Waals surface area contributed by atoms with Crippen molar-refractivity contribution in [1.29, 1.82) is 0 Å². The highest BCUT2D eigenvalue weighted by molar-refractivity contribution is 5.98. The Balaban J connectivity index is 2.10. The van der Waals surface area contributed by atoms with Gasteiger partial charge in [-0.15, -0.1) is 0 Å². The number of nitrogens with one attached hydrogen (secondary N) is 1. The molecular weight excluding hydrogens is 260 g/mol. The van der Waals surface area contributed by atoms with Gasteiger partial charge in [-0.3, -0.25) is 5.32 Å². The van der Waals surface area contributed by atoms with Crippen molar-refractivity contribution < 1.29 is 19.1 Å². The number of amides is 1. The van der Waals surface area contributed by atoms with Gasteiger partial charge in [0.1, 0.15) is 19.3 Å². The van der Waals surface area contributed by atoms with E-state index < -0.39 is 11.7 Å². The average molecular weight is 278 g/mol. The highest BCUT2D eigenvalue weighted by Gasteiger charge is 2.21. The van der Waals surface area contributed by atoms with Crippen LogP contribution in [0.2, 0.25) is 0 Å². The topological polar surface area (TPSA) is 69.2 Å². The Labute approximate surface area is 117 Å². The predicted octanol–water partition coefficient (Wildman–Crippen LogP) is 2.87. The van der Waals surface area contributed by atoms with Crippen LogP contribution in [-0.2, 0) is 20.9 Å². The minimum absolute atomic E-state index is 0.404. The van der Waals surface area contributed by atoms with Crippen LogP contribution in [0.25, 0.3) is 0 Å². The van der Waals surface area contributed by atoms with E-state index >= 15 is 0 Å². The van der Waals surface area contributed by atoms with E-state index in [-0.39, 0.29) is 0 Å². The summed E-state index contributed by atoms with van der Waals surface area (Å²) in [7, 11) is 1.47. The summed E-state index contributed by atoms with van der Waals surface area (Å²) in [5, 5.41) is 6.47. The Hall–Kier alpha value is -2.24. The summed E-state index contributed by atoms with van der Waals surface area (Å²) in [5.74, 6) is 0.450. The van der Waals surface area contributed by atoms with Gasteiger partial charge >= 0.3 is 6.09 Å². The lowest BCUT2D eigenvalue weighted by molar-refractivity contribution is 0.0636. The minimum Gasteiger partial charge on any atom is -0.470 e. The summed E-state index contributed by atoms with van der Waals surface area (Å²) in [5.41, 5.74) is 1.93. The zero-order valence-corrected chi connectivity index (χ0v) is 12.0. The van der Waals surface area contributed by atoms with Gasteiger partial charge in [0, 0.05) is 16.8 Å². The van der Waals surface area contributed by atoms with Gasteiger partial charge in [-0.1, -0.05) is 0 Å². The van der Waals surface area contributed by atoms with Gasteiger partial charge in [0.25, 0.3) is 5.90 Å². The van der Waals surface area contributed by atoms with Crippen molar-refractivity contribution in [1.82, 2.24) is 0 Å². The Kier molecular flexibility index (Phi) is 3.83. The summed E-state index contributed by atoms with van der Waals surface area (Å²) in [6.07, 6.45) is -0.484. The fourth-order valence-electron chi connectivity index (χ4n) is 1.80. The molecule has 1 heterocycles. The lowest BCUT2D eigenvalue weighted by Crippen LogP contribution is -2.27. The second-order valence-corrected chi connectivity index (χ2v) is 5.37. The van der Waals surface area contributed by atoms with Crippen LogP contribution in [0.15, 0.2) is 23.4 Å². The SMILES string of the molecule is CO/N=C1\OCc2cc(NC(=O)OC(C)(C)C)ccc21. The molecular formula is C14H18N2O4. The van der Waals surface area contributed by atoms with Crippen molar-refractivity contribution >= 4 is 17.7 Å². The van der Waals surface area contributed by atoms with Gasteiger partial charge < -0.3 is 14.3 Å². The molecule has 1 aromatic rings. The molecule has 1 aliphatic rings. The quantitative estimate of drug-likeness (QED) is 0.844. The number of carbonyl (C=O) groups excluding carboxylic acids is 1. The maximum Gasteiger partial charge on any atom is 0.412 e. The van der Waals surface area contributed by atoms with E-state index in [1.807, 2.05) is 32.9 Å². The van der Waals surface area contributed by atoms with E-state index in [4.69, 9.17) is 14.3 Å². The second-order valence-electron chi connectivity index (χ2n) is 5.37. The minimum atomic E-state index is -0.526. The van der Waals surface area contributed by atoms with Crippen molar-refractivity contribution in [2.24, 2.45) is 5.16 Å². The molecule has 0 bridgehead atoms. The van der Waals surface area contributed by atoms with Crippen molar-refractivity contribution in [3.8, 4) is 0 Å². The van der Waals surface area contributed by atoms with Crippen molar-refractivity contribution in [2.75, 3.05) is 12.4 Å². The lowest BCUT2D eigenvalue weighted by atomic mass is 10.1. The molecule has 0 unspecified atom stereocenters. The average Bonchev–Trinajstić information content (AvgIpc) is 2.70. The van der Waals surface area contributed by atoms with Crippen LogP contribution in [-0.4, -0.2) is 24.7 Å². The number of rotatable bonds is 2. The summed E-state index contributed by atoms with van der Waals surface area (Å²) in [6.45, 7) is 5.85. The van der Waals surface area contributed by atoms with Gasteiger partial charge in [-0.25, -0.2) is 4.79 Å². The van der Waals surface area contributed by atoms with Crippen LogP contribution in [0.5, 0.6) is 0 Å². The highest BCUT2D eigenvalue weighted by atomic mass is 16.6. The number of anilines is 1. The molecule has 0 atom stereocenters. The first kappa shape index (κ1) is 14.2. The van der Waals surface area contributed by atoms with Crippen LogP contribution in [0.1, 0.15) is 31.9 Å². The number of fused-ring (bicyclic) bond motifs is 1. The molecule has 0 saturated carbocycles. The molecule has 6 heteroatoms. The monoisotopic (exact) mass is 278 g/mol. The van der Waals surface area contributed by atoms with Crippen LogP contribution >= 0.6 is 0 Å². The molecule has 1 aliphatic heterocycles. The fourth-order valence-corrected chi connectivity index (χ4v) is 1.80. The smallest absolute Gasteiger partial charge is 0.412 e. The molecule has 0 aromatic heterocycles. The molecule has 0 fully saturated rings. The molecule has 20 heavy (non-hydrogen) atoms. The maximum atomic E-state index is 11.7. The maximum absolute atomic E-state index is 11.7. The third kappa shape index (κ3) is 3.40. The van der Waals surface area contributed by atoms with Gasteiger partial charge in [-0.2, -0.15) is 0 Å². The number of carbonyl (C=O) groups is 1. The van der Waals surface area contributed by atoms with Gasteiger partial charge in [0.2, 0.25) is 0 Å². The molecule has 1 N–H and O–H groups in total. The summed E-state index contributed by atoms with van der Waals surface area (Å²) in [6, 6.07) is 5.42. The number of ether oxygens (including phenoxy) is 2. The molecule has 0 radical (unpaired) electrons. The van der Waals surface area contributed by atoms with Crippen LogP contribution in [0.3, 0.4) is 0 Å². The summed E-state index contributed by atoms with van der Waals surface area (Å²) < 4.78 is 10.6. The molecule has 6 nitrogen and oxygen atoms in total. The van der Waals surface area contributed by atoms with Crippen molar-refractivity contribution in [2.45, 2.75) is 33.0 Å². The van der Waals surface area contributed by atoms with E-state index in [0.717, 1.165) is 11.1 Å². The van der Waals surface area contributed by atoms with E-state index in [9.17, 15) is 4.79 Å². The van der Waals surface area contributed by atoms with Crippen LogP contribution in [0.4, 0.5) is 10.5 Å². The van der Waals surface area contributed by atoms with E-state index in [1.165, 1.54) is 7.11 Å². The first-order valence-corrected chi connectivity index (χ1v) is 6.26. The van der Waals surface area contributed by atoms with E-state index in [0.29, 0.717) is 18.2 Å². The molecule has 1 aromatic carbocycles. The van der Waals surface area contributed by atoms with E-state index in [2.05, 4.69) is 10.5 Å². The molecule has 0 aliphatic carbocycles. The third-order valence-corrected chi connectivity index (χ3v) is 2.52. The van der Waals surface area contributed by atoms with Gasteiger partial charge in [-0.05, 0) is 44.1 Å². The first-order chi connectivity index (χ1) is 9.39. The number of oxime groups is 1. The fraction of sp³-hybridized carbons (Fsp3) is 0.429. The molecule has 108 valence electrons. The third-order valence-electron chi connectivity index (χ3n) is 2.52. The van der Waals surface area contributed by atoms with Crippen molar-refractivity contribution in [3.63, 3.8) is 0 Å². The van der Waals surface area contributed by atoms with Gasteiger partial charge in [0.05, 0.1) is 0 Å². The lowest BCUT2D eigenvalue weighted by Gasteiger charge is -2.19. The van der Waals surface area contributed by atoms with E-state index in [1.54, 1.807) is 6.07 Å². The highest BCUT2D eigenvalue weighted by Crippen LogP contribution is 2.24. The van der Waals surface area contributed by atoms with Crippen molar-refractivity contribution in [3.05, 3.63) is 29.3 Å². The zero-order valence-electron chi connectivity index (χ0n) is 12.0. The first-order valence-electron chi connectivity index (χ1n) is 6.26. The molecule has 1 amide bonds. The summed E-state index contributed by atoms with van der Waals surface area (Å²) >= 11 is 0. The normalized spacial score (nSPS) is 15.5.